The second kappa shape index (κ2) is 28.8. The van der Waals surface area contributed by atoms with Gasteiger partial charge in [-0.25, -0.2) is 15.0 Å². The molecule has 3 aromatic heterocycles. The first kappa shape index (κ1) is 69.0. The molecule has 6 aromatic carbocycles. The minimum atomic E-state index is -0.341. The van der Waals surface area contributed by atoms with Crippen LogP contribution in [0.1, 0.15) is 116 Å². The number of fused-ring (bicyclic) bond motifs is 4. The van der Waals surface area contributed by atoms with Crippen molar-refractivity contribution in [2.45, 2.75) is 112 Å². The second-order valence-electron chi connectivity index (χ2n) is 24.0. The van der Waals surface area contributed by atoms with Crippen LogP contribution in [0.15, 0.2) is 136 Å². The zero-order valence-corrected chi connectivity index (χ0v) is 56.2. The molecule has 2 aliphatic heterocycles. The summed E-state index contributed by atoms with van der Waals surface area (Å²) >= 11 is 2.15. The average molecular weight is 1310 g/mol. The number of aryl methyl sites for hydroxylation is 1. The summed E-state index contributed by atoms with van der Waals surface area (Å²) in [6.07, 6.45) is 4.82. The van der Waals surface area contributed by atoms with E-state index in [4.69, 9.17) is 14.3 Å². The smallest absolute Gasteiger partial charge is 0.399 e. The predicted octanol–water partition coefficient (Wildman–Crippen LogP) is 13.2. The van der Waals surface area contributed by atoms with Gasteiger partial charge in [0, 0.05) is 48.5 Å². The number of hydrogen-bond donors (Lipinski definition) is 3. The molecule has 15 nitrogen and oxygen atoms in total. The van der Waals surface area contributed by atoms with Crippen LogP contribution in [0.3, 0.4) is 0 Å². The van der Waals surface area contributed by atoms with Crippen molar-refractivity contribution in [1.29, 1.82) is 0 Å². The number of rotatable bonds is 12. The van der Waals surface area contributed by atoms with E-state index in [1.165, 1.54) is 38.4 Å². The Morgan fingerprint density at radius 1 is 0.535 bits per heavy atom. The van der Waals surface area contributed by atoms with Crippen LogP contribution in [-0.4, -0.2) is 141 Å². The van der Waals surface area contributed by atoms with E-state index in [0.29, 0.717) is 34.0 Å². The van der Waals surface area contributed by atoms with Gasteiger partial charge in [0.05, 0.1) is 63.0 Å². The number of hydrogen-bond acceptors (Lipinski definition) is 12. The molecule has 4 unspecified atom stereocenters. The van der Waals surface area contributed by atoms with Gasteiger partial charge in [-0.05, 0) is 221 Å². The molecule has 453 valence electrons. The molecule has 0 bridgehead atoms. The maximum Gasteiger partial charge on any atom is 0.494 e. The van der Waals surface area contributed by atoms with Crippen molar-refractivity contribution < 1.29 is 27.9 Å². The summed E-state index contributed by atoms with van der Waals surface area (Å²) in [5.41, 5.74) is 10.8. The molecular formula is C68H87BIN11O4V. The third-order valence-corrected chi connectivity index (χ3v) is 17.0. The summed E-state index contributed by atoms with van der Waals surface area (Å²) in [6, 6.07) is 38.3. The van der Waals surface area contributed by atoms with Crippen molar-refractivity contribution in [1.82, 2.24) is 49.5 Å². The molecular weight excluding hydrogens is 1220 g/mol. The normalized spacial score (nSPS) is 15.7. The number of H-pyrrole nitrogens is 3. The fraction of sp³-hybridized carbons (Fsp3) is 0.382. The molecule has 1 radical (unpaired) electrons. The fourth-order valence-corrected chi connectivity index (χ4v) is 9.79. The summed E-state index contributed by atoms with van der Waals surface area (Å²) in [6.45, 7) is 18.7. The van der Waals surface area contributed by atoms with E-state index in [0.717, 1.165) is 51.2 Å². The number of imidazole rings is 1. The number of alkyl halides is 1. The maximum atomic E-state index is 12.7. The summed E-state index contributed by atoms with van der Waals surface area (Å²) in [5, 5.41) is 5.98. The Hall–Kier alpha value is -6.12. The standard InChI is InChI=1S/C30H33N5O.C23H30BN3O2.C13H17N3O.CH3I.CH4.V/c1-18(34(3)4)27-16-25(17-31-27)23-10-9-20-13-22(8-7-21(20)14-23)24-11-12-26-28(15-24)32-29(33-30(26)36)19(2)35(5)6;1-15(27(6)7)21-25-14-20(26-21)18-9-8-17-13-19(11-10-16(17)12-18)24-28-22(2,3)23(4,5)29-24;1-8-5-6-10-11(7-8)14-12(15-13(10)17)9(2)16(3)4;1-2;;/h7-15,17-19H,16H2,1-6H3,(H,32,33,36);8-15H,1-7H3,(H,25,26);5-7,9H,1-4H3,(H,14,15,17);1H3;1H4;. The number of nitrogens with one attached hydrogen (secondary N) is 3. The predicted molar refractivity (Wildman–Crippen MR) is 366 cm³/mol. The minimum absolute atomic E-state index is 0. The van der Waals surface area contributed by atoms with E-state index in [1.807, 2.05) is 112 Å². The Bertz CT molecular complexity index is 4000. The molecule has 18 heteroatoms. The van der Waals surface area contributed by atoms with Crippen LogP contribution in [0.25, 0.3) is 71.3 Å². The van der Waals surface area contributed by atoms with Crippen LogP contribution in [0.4, 0.5) is 0 Å². The Kier molecular flexibility index (Phi) is 23.1. The molecule has 2 aliphatic rings. The Labute approximate surface area is 534 Å². The largest absolute Gasteiger partial charge is 0.494 e. The summed E-state index contributed by atoms with van der Waals surface area (Å²) in [7, 11) is 15.8. The molecule has 86 heavy (non-hydrogen) atoms. The van der Waals surface area contributed by atoms with E-state index >= 15 is 0 Å². The monoisotopic (exact) mass is 1310 g/mol. The molecule has 0 spiro atoms. The minimum Gasteiger partial charge on any atom is -0.399 e. The van der Waals surface area contributed by atoms with Gasteiger partial charge in [0.1, 0.15) is 17.5 Å². The summed E-state index contributed by atoms with van der Waals surface area (Å²) in [5.74, 6) is 2.35. The van der Waals surface area contributed by atoms with Gasteiger partial charge in [0.2, 0.25) is 0 Å². The molecule has 1 saturated heterocycles. The van der Waals surface area contributed by atoms with Crippen molar-refractivity contribution in [3.05, 3.63) is 171 Å². The molecule has 11 rings (SSSR count). The van der Waals surface area contributed by atoms with E-state index in [2.05, 4.69) is 205 Å². The van der Waals surface area contributed by atoms with Gasteiger partial charge in [-0.3, -0.25) is 29.3 Å². The average Bonchev–Trinajstić information content (AvgIpc) is 2.56. The van der Waals surface area contributed by atoms with Crippen molar-refractivity contribution in [3.8, 4) is 22.4 Å². The van der Waals surface area contributed by atoms with Crippen molar-refractivity contribution >= 4 is 89.8 Å². The number of aliphatic imine (C=N–C) groups is 1. The Morgan fingerprint density at radius 2 is 0.965 bits per heavy atom. The van der Waals surface area contributed by atoms with Gasteiger partial charge >= 0.3 is 7.12 Å². The SMILES string of the molecule is C.CC(C1=NC=C(c2ccc3cc(-c4ccc5c(=O)[nH]c(C(C)N(C)C)nc5c4)ccc3c2)C1)N(C)C.CC(c1ncc(-c2ccc3cc(B4OC(C)(C)C(C)(C)O4)ccc3c2)[nH]1)N(C)C.CI.Cc1ccc2c(=O)[nH]c(C(C)N(C)C)nc2c1.[V]. The van der Waals surface area contributed by atoms with E-state index in [9.17, 15) is 9.59 Å². The van der Waals surface area contributed by atoms with Gasteiger partial charge in [0.15, 0.2) is 0 Å². The topological polar surface area (TPSA) is 164 Å². The molecule has 0 saturated carbocycles. The Balaban J connectivity index is 0.000000212. The molecule has 0 amide bonds. The zero-order chi connectivity index (χ0) is 61.1. The van der Waals surface area contributed by atoms with Gasteiger partial charge in [-0.15, -0.1) is 0 Å². The molecule has 5 heterocycles. The fourth-order valence-electron chi connectivity index (χ4n) is 9.79. The zero-order valence-electron chi connectivity index (χ0n) is 52.7. The van der Waals surface area contributed by atoms with Crippen molar-refractivity contribution in [2.75, 3.05) is 61.3 Å². The molecule has 1 fully saturated rings. The van der Waals surface area contributed by atoms with Gasteiger partial charge in [0.25, 0.3) is 11.1 Å². The van der Waals surface area contributed by atoms with Crippen LogP contribution in [0.2, 0.25) is 0 Å². The quantitative estimate of drug-likeness (QED) is 0.0606. The molecule has 0 aliphatic carbocycles. The first-order valence-corrected chi connectivity index (χ1v) is 30.8. The van der Waals surface area contributed by atoms with Crippen LogP contribution in [0.5, 0.6) is 0 Å². The number of benzene rings is 6. The van der Waals surface area contributed by atoms with E-state index in [-0.39, 0.29) is 73.5 Å². The van der Waals surface area contributed by atoms with Gasteiger partial charge in [-0.1, -0.05) is 96.7 Å². The van der Waals surface area contributed by atoms with Crippen molar-refractivity contribution in [2.24, 2.45) is 4.99 Å². The first-order chi connectivity index (χ1) is 39.8. The summed E-state index contributed by atoms with van der Waals surface area (Å²) in [4.78, 5) is 62.7. The maximum absolute atomic E-state index is 12.7. The third kappa shape index (κ3) is 15.4. The van der Waals surface area contributed by atoms with Crippen molar-refractivity contribution in [3.63, 3.8) is 0 Å². The number of halogens is 1. The number of aromatic amines is 3. The Morgan fingerprint density at radius 3 is 1.51 bits per heavy atom. The number of allylic oxidation sites excluding steroid dienone is 1. The second-order valence-corrected chi connectivity index (χ2v) is 24.0. The number of nitrogens with zero attached hydrogens (tertiary/aromatic N) is 8. The first-order valence-electron chi connectivity index (χ1n) is 28.6. The summed E-state index contributed by atoms with van der Waals surface area (Å²) < 4.78 is 12.4. The van der Waals surface area contributed by atoms with E-state index < -0.39 is 0 Å². The van der Waals surface area contributed by atoms with Crippen LogP contribution < -0.4 is 16.6 Å². The van der Waals surface area contributed by atoms with Crippen LogP contribution >= 0.6 is 22.6 Å². The van der Waals surface area contributed by atoms with E-state index in [1.54, 1.807) is 0 Å². The molecule has 4 atom stereocenters. The van der Waals surface area contributed by atoms with Crippen LogP contribution in [-0.2, 0) is 27.9 Å². The third-order valence-electron chi connectivity index (χ3n) is 17.0. The molecule has 3 N–H and O–H groups in total. The molecule has 9 aromatic rings. The van der Waals surface area contributed by atoms with Crippen LogP contribution in [0, 0.1) is 6.92 Å². The van der Waals surface area contributed by atoms with Gasteiger partial charge in [-0.2, -0.15) is 0 Å². The van der Waals surface area contributed by atoms with Gasteiger partial charge < -0.3 is 29.2 Å². The number of aromatic nitrogens is 6.